The average molecular weight is 261 g/mol. The summed E-state index contributed by atoms with van der Waals surface area (Å²) in [7, 11) is -3.27. The number of halogens is 1. The number of pyridine rings is 1. The number of nitrogens with zero attached hydrogens (tertiary/aromatic N) is 1. The highest BCUT2D eigenvalue weighted by atomic mass is 32.2. The minimum atomic E-state index is -3.27. The van der Waals surface area contributed by atoms with E-state index in [1.54, 1.807) is 19.9 Å². The van der Waals surface area contributed by atoms with Crippen molar-refractivity contribution in [1.82, 2.24) is 9.71 Å². The van der Waals surface area contributed by atoms with Crippen LogP contribution in [0.2, 0.25) is 0 Å². The Morgan fingerprint density at radius 1 is 1.47 bits per heavy atom. The first-order chi connectivity index (χ1) is 7.68. The summed E-state index contributed by atoms with van der Waals surface area (Å²) in [5, 5.41) is 2.94. The highest BCUT2D eigenvalue weighted by Gasteiger charge is 2.21. The van der Waals surface area contributed by atoms with Crippen LogP contribution in [0.1, 0.15) is 13.8 Å². The third-order valence-corrected chi connectivity index (χ3v) is 2.85. The molecule has 0 unspecified atom stereocenters. The monoisotopic (exact) mass is 261 g/mol. The van der Waals surface area contributed by atoms with Crippen LogP contribution in [0.4, 0.5) is 10.1 Å². The number of sulfonamides is 1. The fraction of sp³-hybridized carbons (Fsp3) is 0.500. The number of hydrogen-bond donors (Lipinski definition) is 2. The standard InChI is InChI=1S/C10H16FN3O2S/c1-10(2,14-17(3,15)16)7-13-8-4-5-12-9(11)6-8/h4-6,14H,7H2,1-3H3,(H,12,13). The van der Waals surface area contributed by atoms with Gasteiger partial charge in [0.1, 0.15) is 0 Å². The second-order valence-corrected chi connectivity index (χ2v) is 6.23. The van der Waals surface area contributed by atoms with Crippen molar-refractivity contribution in [3.05, 3.63) is 24.3 Å². The van der Waals surface area contributed by atoms with E-state index in [0.29, 0.717) is 12.2 Å². The highest BCUT2D eigenvalue weighted by Crippen LogP contribution is 2.10. The van der Waals surface area contributed by atoms with Gasteiger partial charge in [-0.2, -0.15) is 4.39 Å². The Morgan fingerprint density at radius 3 is 2.65 bits per heavy atom. The second-order valence-electron chi connectivity index (χ2n) is 4.48. The van der Waals surface area contributed by atoms with E-state index in [4.69, 9.17) is 0 Å². The highest BCUT2D eigenvalue weighted by molar-refractivity contribution is 7.88. The smallest absolute Gasteiger partial charge is 0.214 e. The summed E-state index contributed by atoms with van der Waals surface area (Å²) in [5.41, 5.74) is -0.103. The molecule has 0 aliphatic rings. The van der Waals surface area contributed by atoms with Crippen LogP contribution in [0, 0.1) is 5.95 Å². The van der Waals surface area contributed by atoms with Crippen molar-refractivity contribution >= 4 is 15.7 Å². The van der Waals surface area contributed by atoms with Crippen LogP contribution < -0.4 is 10.0 Å². The summed E-state index contributed by atoms with van der Waals surface area (Å²) in [6.45, 7) is 3.81. The van der Waals surface area contributed by atoms with Gasteiger partial charge in [0.05, 0.1) is 6.26 Å². The van der Waals surface area contributed by atoms with Crippen LogP contribution in [0.25, 0.3) is 0 Å². The summed E-state index contributed by atoms with van der Waals surface area (Å²) in [4.78, 5) is 3.43. The Hall–Kier alpha value is -1.21. The number of hydrogen-bond acceptors (Lipinski definition) is 4. The van der Waals surface area contributed by atoms with Gasteiger partial charge in [0, 0.05) is 30.0 Å². The van der Waals surface area contributed by atoms with Crippen LogP contribution in [0.5, 0.6) is 0 Å². The van der Waals surface area contributed by atoms with E-state index in [9.17, 15) is 12.8 Å². The zero-order chi connectivity index (χ0) is 13.1. The maximum Gasteiger partial charge on any atom is 0.214 e. The van der Waals surface area contributed by atoms with Crippen molar-refractivity contribution in [3.8, 4) is 0 Å². The Morgan fingerprint density at radius 2 is 2.12 bits per heavy atom. The van der Waals surface area contributed by atoms with Gasteiger partial charge in [0.25, 0.3) is 0 Å². The van der Waals surface area contributed by atoms with Crippen molar-refractivity contribution < 1.29 is 12.8 Å². The van der Waals surface area contributed by atoms with Crippen LogP contribution in [-0.2, 0) is 10.0 Å². The maximum atomic E-state index is 12.8. The molecule has 7 heteroatoms. The Balaban J connectivity index is 2.61. The fourth-order valence-corrected chi connectivity index (χ4v) is 2.45. The lowest BCUT2D eigenvalue weighted by atomic mass is 10.1. The average Bonchev–Trinajstić information content (AvgIpc) is 2.11. The minimum Gasteiger partial charge on any atom is -0.383 e. The molecule has 0 fully saturated rings. The van der Waals surface area contributed by atoms with Gasteiger partial charge in [-0.15, -0.1) is 0 Å². The van der Waals surface area contributed by atoms with E-state index in [1.807, 2.05) is 0 Å². The number of rotatable bonds is 5. The second kappa shape index (κ2) is 4.97. The SMILES string of the molecule is CC(C)(CNc1ccnc(F)c1)NS(C)(=O)=O. The lowest BCUT2D eigenvalue weighted by Crippen LogP contribution is -2.47. The lowest BCUT2D eigenvalue weighted by molar-refractivity contribution is 0.476. The molecule has 0 radical (unpaired) electrons. The normalized spacial score (nSPS) is 12.5. The van der Waals surface area contributed by atoms with E-state index in [2.05, 4.69) is 15.0 Å². The van der Waals surface area contributed by atoms with Gasteiger partial charge in [-0.3, -0.25) is 0 Å². The van der Waals surface area contributed by atoms with Crippen molar-refractivity contribution in [3.63, 3.8) is 0 Å². The molecule has 2 N–H and O–H groups in total. The first-order valence-corrected chi connectivity index (χ1v) is 6.91. The van der Waals surface area contributed by atoms with E-state index >= 15 is 0 Å². The summed E-state index contributed by atoms with van der Waals surface area (Å²) < 4.78 is 37.5. The molecule has 0 aliphatic heterocycles. The first kappa shape index (κ1) is 13.9. The Kier molecular flexibility index (Phi) is 4.05. The molecule has 17 heavy (non-hydrogen) atoms. The van der Waals surface area contributed by atoms with Gasteiger partial charge in [-0.25, -0.2) is 18.1 Å². The van der Waals surface area contributed by atoms with Gasteiger partial charge in [-0.1, -0.05) is 0 Å². The largest absolute Gasteiger partial charge is 0.383 e. The molecule has 0 atom stereocenters. The summed E-state index contributed by atoms with van der Waals surface area (Å²) >= 11 is 0. The van der Waals surface area contributed by atoms with Crippen molar-refractivity contribution in [1.29, 1.82) is 0 Å². The first-order valence-electron chi connectivity index (χ1n) is 5.02. The fourth-order valence-electron chi connectivity index (χ4n) is 1.37. The van der Waals surface area contributed by atoms with Crippen molar-refractivity contribution in [2.75, 3.05) is 18.1 Å². The molecule has 5 nitrogen and oxygen atoms in total. The zero-order valence-electron chi connectivity index (χ0n) is 9.99. The lowest BCUT2D eigenvalue weighted by Gasteiger charge is -2.25. The summed E-state index contributed by atoms with van der Waals surface area (Å²) in [5.74, 6) is -0.580. The van der Waals surface area contributed by atoms with Crippen LogP contribution in [-0.4, -0.2) is 31.7 Å². The van der Waals surface area contributed by atoms with Gasteiger partial charge >= 0.3 is 0 Å². The van der Waals surface area contributed by atoms with E-state index in [1.165, 1.54) is 12.3 Å². The van der Waals surface area contributed by atoms with E-state index in [0.717, 1.165) is 6.26 Å². The molecule has 0 saturated heterocycles. The molecule has 0 aliphatic carbocycles. The molecule has 0 saturated carbocycles. The topological polar surface area (TPSA) is 71.1 Å². The minimum absolute atomic E-state index is 0.337. The van der Waals surface area contributed by atoms with Crippen molar-refractivity contribution in [2.24, 2.45) is 0 Å². The van der Waals surface area contributed by atoms with Crippen LogP contribution >= 0.6 is 0 Å². The molecular formula is C10H16FN3O2S. The zero-order valence-corrected chi connectivity index (χ0v) is 10.8. The summed E-state index contributed by atoms with van der Waals surface area (Å²) in [6.07, 6.45) is 2.44. The van der Waals surface area contributed by atoms with Gasteiger partial charge < -0.3 is 5.32 Å². The van der Waals surface area contributed by atoms with E-state index in [-0.39, 0.29) is 0 Å². The van der Waals surface area contributed by atoms with Gasteiger partial charge in [0.15, 0.2) is 0 Å². The number of aromatic nitrogens is 1. The van der Waals surface area contributed by atoms with E-state index < -0.39 is 21.5 Å². The predicted octanol–water partition coefficient (Wildman–Crippen LogP) is 0.960. The Bertz CT molecular complexity index is 488. The molecule has 0 bridgehead atoms. The molecule has 0 spiro atoms. The van der Waals surface area contributed by atoms with Crippen LogP contribution in [0.15, 0.2) is 18.3 Å². The van der Waals surface area contributed by atoms with Crippen molar-refractivity contribution in [2.45, 2.75) is 19.4 Å². The molecule has 96 valence electrons. The molecule has 1 heterocycles. The van der Waals surface area contributed by atoms with Gasteiger partial charge in [0.2, 0.25) is 16.0 Å². The maximum absolute atomic E-state index is 12.8. The third kappa shape index (κ3) is 5.60. The van der Waals surface area contributed by atoms with Crippen LogP contribution in [0.3, 0.4) is 0 Å². The number of anilines is 1. The molecule has 1 aromatic rings. The number of nitrogens with one attached hydrogen (secondary N) is 2. The summed E-state index contributed by atoms with van der Waals surface area (Å²) in [6, 6.07) is 2.86. The molecule has 0 amide bonds. The molecule has 1 rings (SSSR count). The molecule has 0 aromatic carbocycles. The Labute approximate surface area is 101 Å². The van der Waals surface area contributed by atoms with Gasteiger partial charge in [-0.05, 0) is 19.9 Å². The molecular weight excluding hydrogens is 245 g/mol. The molecule has 1 aromatic heterocycles. The third-order valence-electron chi connectivity index (χ3n) is 1.92. The predicted molar refractivity (Wildman–Crippen MR) is 64.7 cm³/mol. The quantitative estimate of drug-likeness (QED) is 0.774.